The van der Waals surface area contributed by atoms with Crippen molar-refractivity contribution >= 4 is 11.8 Å². The molecule has 0 radical (unpaired) electrons. The first-order valence-electron chi connectivity index (χ1n) is 13.9. The monoisotopic (exact) mass is 531 g/mol. The summed E-state index contributed by atoms with van der Waals surface area (Å²) in [5.41, 5.74) is 10.7. The number of hydrogen-bond acceptors (Lipinski definition) is 6. The Labute approximate surface area is 228 Å². The fraction of sp³-hybridized carbons (Fsp3) is 0.467. The Balaban J connectivity index is 1.84. The number of carbonyl (C=O) groups is 2. The highest BCUT2D eigenvalue weighted by molar-refractivity contribution is 5.95. The lowest BCUT2D eigenvalue weighted by atomic mass is 9.67. The second kappa shape index (κ2) is 10.8. The van der Waals surface area contributed by atoms with E-state index in [1.165, 1.54) is 0 Å². The van der Waals surface area contributed by atoms with Crippen molar-refractivity contribution in [3.8, 4) is 0 Å². The molecule has 0 aliphatic heterocycles. The highest BCUT2D eigenvalue weighted by atomic mass is 16.5. The van der Waals surface area contributed by atoms with Crippen LogP contribution >= 0.6 is 0 Å². The number of nitrogens with zero attached hydrogens (tertiary/aromatic N) is 2. The Bertz CT molecular complexity index is 1380. The van der Waals surface area contributed by atoms with Crippen molar-refractivity contribution < 1.29 is 14.1 Å². The number of rotatable bonds is 6. The lowest BCUT2D eigenvalue weighted by Gasteiger charge is -2.38. The third-order valence-electron chi connectivity index (χ3n) is 8.27. The fourth-order valence-corrected chi connectivity index (χ4v) is 6.58. The van der Waals surface area contributed by atoms with Gasteiger partial charge in [0, 0.05) is 31.3 Å². The molecule has 2 aromatic carbocycles. The van der Waals surface area contributed by atoms with Crippen LogP contribution in [0.5, 0.6) is 0 Å². The number of aryl methyl sites for hydroxylation is 2. The van der Waals surface area contributed by atoms with E-state index in [9.17, 15) is 14.4 Å². The molecular weight excluding hydrogens is 494 g/mol. The van der Waals surface area contributed by atoms with Crippen LogP contribution in [-0.2, 0) is 18.3 Å². The van der Waals surface area contributed by atoms with Crippen LogP contribution in [0.4, 0.5) is 0 Å². The third-order valence-corrected chi connectivity index (χ3v) is 8.27. The highest BCUT2D eigenvalue weighted by Crippen LogP contribution is 2.48. The molecule has 2 aliphatic rings. The maximum atomic E-state index is 12.9. The predicted molar refractivity (Wildman–Crippen MR) is 148 cm³/mol. The number of amides is 2. The van der Waals surface area contributed by atoms with Crippen LogP contribution in [0.25, 0.3) is 0 Å². The van der Waals surface area contributed by atoms with Gasteiger partial charge in [-0.2, -0.15) is 9.72 Å². The van der Waals surface area contributed by atoms with E-state index in [0.717, 1.165) is 54.4 Å². The van der Waals surface area contributed by atoms with Gasteiger partial charge in [0.2, 0.25) is 0 Å². The number of carbonyl (C=O) groups excluding carboxylic acids is 2. The molecular formula is C30H37N5O4. The standard InChI is InChI=1S/C30H37N5O4/c1-18(31)17-30(28-34-29(38)39-35(28)23-7-5-4-6-8-23)24-13-11-21(26(36)32-2)15-19(24)9-10-20-16-22(27(37)33-3)12-14-25(20)30/h11-16,18,23H,4-10,17,31H2,1-3H3,(H,32,36)(H,33,37)/t18-/m1/s1. The zero-order chi connectivity index (χ0) is 27.7. The van der Waals surface area contributed by atoms with Crippen LogP contribution in [0.15, 0.2) is 45.7 Å². The van der Waals surface area contributed by atoms with Crippen LogP contribution < -0.4 is 22.1 Å². The minimum absolute atomic E-state index is 0.0272. The summed E-state index contributed by atoms with van der Waals surface area (Å²) >= 11 is 0. The Morgan fingerprint density at radius 2 is 1.54 bits per heavy atom. The van der Waals surface area contributed by atoms with Crippen molar-refractivity contribution in [1.29, 1.82) is 0 Å². The number of aromatic nitrogens is 2. The molecule has 1 saturated carbocycles. The van der Waals surface area contributed by atoms with Gasteiger partial charge in [-0.1, -0.05) is 31.4 Å². The van der Waals surface area contributed by atoms with Gasteiger partial charge in [-0.15, -0.1) is 0 Å². The van der Waals surface area contributed by atoms with E-state index >= 15 is 0 Å². The van der Waals surface area contributed by atoms with Crippen LogP contribution in [0.3, 0.4) is 0 Å². The molecule has 5 rings (SSSR count). The molecule has 1 aromatic heterocycles. The van der Waals surface area contributed by atoms with Gasteiger partial charge >= 0.3 is 5.76 Å². The number of benzene rings is 2. The zero-order valence-electron chi connectivity index (χ0n) is 22.9. The smallest absolute Gasteiger partial charge is 0.355 e. The Morgan fingerprint density at radius 3 is 2.03 bits per heavy atom. The average Bonchev–Trinajstić information content (AvgIpc) is 3.30. The Kier molecular flexibility index (Phi) is 7.44. The summed E-state index contributed by atoms with van der Waals surface area (Å²) < 4.78 is 7.58. The van der Waals surface area contributed by atoms with E-state index in [4.69, 9.17) is 10.3 Å². The number of fused-ring (bicyclic) bond motifs is 2. The third kappa shape index (κ3) is 4.80. The van der Waals surface area contributed by atoms with E-state index < -0.39 is 11.2 Å². The molecule has 4 N–H and O–H groups in total. The fourth-order valence-electron chi connectivity index (χ4n) is 6.58. The quantitative estimate of drug-likeness (QED) is 0.447. The summed E-state index contributed by atoms with van der Waals surface area (Å²) in [4.78, 5) is 42.6. The van der Waals surface area contributed by atoms with Crippen molar-refractivity contribution in [2.24, 2.45) is 5.73 Å². The van der Waals surface area contributed by atoms with Crippen LogP contribution in [-0.4, -0.2) is 41.7 Å². The molecule has 9 heteroatoms. The molecule has 0 bridgehead atoms. The van der Waals surface area contributed by atoms with E-state index in [-0.39, 0.29) is 23.9 Å². The van der Waals surface area contributed by atoms with E-state index in [2.05, 4.69) is 15.6 Å². The molecule has 0 saturated heterocycles. The second-order valence-electron chi connectivity index (χ2n) is 10.9. The summed E-state index contributed by atoms with van der Waals surface area (Å²) in [6.07, 6.45) is 6.86. The molecule has 0 unspecified atom stereocenters. The maximum Gasteiger partial charge on any atom is 0.459 e. The molecule has 1 heterocycles. The number of nitrogens with two attached hydrogens (primary N) is 1. The topological polar surface area (TPSA) is 132 Å². The van der Waals surface area contributed by atoms with Gasteiger partial charge in [0.25, 0.3) is 11.8 Å². The predicted octanol–water partition coefficient (Wildman–Crippen LogP) is 3.23. The molecule has 2 amide bonds. The van der Waals surface area contributed by atoms with Gasteiger partial charge in [-0.25, -0.2) is 4.79 Å². The lowest BCUT2D eigenvalue weighted by molar-refractivity contribution is 0.0955. The summed E-state index contributed by atoms with van der Waals surface area (Å²) in [6, 6.07) is 11.2. The van der Waals surface area contributed by atoms with Crippen molar-refractivity contribution in [2.45, 2.75) is 75.8 Å². The van der Waals surface area contributed by atoms with E-state index in [1.54, 1.807) is 18.8 Å². The first kappa shape index (κ1) is 26.9. The molecule has 9 nitrogen and oxygen atoms in total. The Morgan fingerprint density at radius 1 is 1.00 bits per heavy atom. The van der Waals surface area contributed by atoms with Gasteiger partial charge in [-0.3, -0.25) is 9.59 Å². The SMILES string of the molecule is CNC(=O)c1ccc2c(c1)CCc1cc(C(=O)NC)ccc1C2(C[C@@H](C)N)c1nc(=O)on1C1CCCCC1. The van der Waals surface area contributed by atoms with Gasteiger partial charge in [0.1, 0.15) is 0 Å². The van der Waals surface area contributed by atoms with Crippen molar-refractivity contribution in [3.63, 3.8) is 0 Å². The number of hydrogen-bond donors (Lipinski definition) is 3. The molecule has 206 valence electrons. The van der Waals surface area contributed by atoms with Crippen LogP contribution in [0.2, 0.25) is 0 Å². The second-order valence-corrected chi connectivity index (χ2v) is 10.9. The Hall–Kier alpha value is -3.72. The normalized spacial score (nSPS) is 17.4. The van der Waals surface area contributed by atoms with Gasteiger partial charge in [0.05, 0.1) is 11.5 Å². The highest BCUT2D eigenvalue weighted by Gasteiger charge is 2.47. The average molecular weight is 532 g/mol. The van der Waals surface area contributed by atoms with Crippen LogP contribution in [0, 0.1) is 0 Å². The van der Waals surface area contributed by atoms with Crippen molar-refractivity contribution in [2.75, 3.05) is 14.1 Å². The molecule has 3 aromatic rings. The molecule has 2 aliphatic carbocycles. The minimum Gasteiger partial charge on any atom is -0.355 e. The summed E-state index contributed by atoms with van der Waals surface area (Å²) in [5, 5.41) is 5.42. The van der Waals surface area contributed by atoms with E-state index in [1.807, 2.05) is 43.3 Å². The number of nitrogens with one attached hydrogen (secondary N) is 2. The molecule has 1 fully saturated rings. The van der Waals surface area contributed by atoms with Crippen molar-refractivity contribution in [1.82, 2.24) is 20.4 Å². The largest absolute Gasteiger partial charge is 0.459 e. The molecule has 39 heavy (non-hydrogen) atoms. The van der Waals surface area contributed by atoms with Crippen LogP contribution in [0.1, 0.15) is 100 Å². The zero-order valence-corrected chi connectivity index (χ0v) is 22.9. The molecule has 1 atom stereocenters. The van der Waals surface area contributed by atoms with Gasteiger partial charge < -0.3 is 20.9 Å². The summed E-state index contributed by atoms with van der Waals surface area (Å²) in [5.74, 6) is -0.419. The lowest BCUT2D eigenvalue weighted by Crippen LogP contribution is -2.40. The van der Waals surface area contributed by atoms with E-state index in [0.29, 0.717) is 36.2 Å². The summed E-state index contributed by atoms with van der Waals surface area (Å²) in [6.45, 7) is 1.95. The maximum absolute atomic E-state index is 12.9. The van der Waals surface area contributed by atoms with Gasteiger partial charge in [-0.05, 0) is 85.5 Å². The van der Waals surface area contributed by atoms with Gasteiger partial charge in [0.15, 0.2) is 5.82 Å². The first-order valence-corrected chi connectivity index (χ1v) is 13.9. The first-order chi connectivity index (χ1) is 18.8. The summed E-state index contributed by atoms with van der Waals surface area (Å²) in [7, 11) is 3.23. The molecule has 0 spiro atoms. The van der Waals surface area contributed by atoms with Crippen molar-refractivity contribution in [3.05, 3.63) is 86.2 Å². The minimum atomic E-state index is -0.915.